The standard InChI is InChI=1S/C24H24ClN3O5S/c1-17-8-11-20(12-9-17)34(30,31)28(21-14-19(25)10-13-23(21)33-3)16-24(29)27-26-15-18-6-4-5-7-22(18)32-2/h4-15H,16H2,1-3H3,(H,27,29)/b26-15+. The number of nitrogens with one attached hydrogen (secondary N) is 1. The van der Waals surface area contributed by atoms with Crippen LogP contribution in [0.3, 0.4) is 0 Å². The lowest BCUT2D eigenvalue weighted by Crippen LogP contribution is -2.39. The molecule has 3 aromatic carbocycles. The van der Waals surface area contributed by atoms with Gasteiger partial charge >= 0.3 is 0 Å². The van der Waals surface area contributed by atoms with E-state index in [-0.39, 0.29) is 21.4 Å². The molecule has 0 heterocycles. The molecule has 3 aromatic rings. The number of nitrogens with zero attached hydrogens (tertiary/aromatic N) is 2. The normalized spacial score (nSPS) is 11.3. The van der Waals surface area contributed by atoms with Crippen LogP contribution in [0.2, 0.25) is 5.02 Å². The molecule has 178 valence electrons. The van der Waals surface area contributed by atoms with Crippen molar-refractivity contribution >= 4 is 39.4 Å². The summed E-state index contributed by atoms with van der Waals surface area (Å²) < 4.78 is 38.6. The molecule has 0 aromatic heterocycles. The molecular formula is C24H24ClN3O5S. The van der Waals surface area contributed by atoms with Gasteiger partial charge in [0.05, 0.1) is 31.0 Å². The minimum absolute atomic E-state index is 0.0189. The molecule has 34 heavy (non-hydrogen) atoms. The van der Waals surface area contributed by atoms with Crippen molar-refractivity contribution in [2.75, 3.05) is 25.1 Å². The Hall–Kier alpha value is -3.56. The van der Waals surface area contributed by atoms with Crippen LogP contribution < -0.4 is 19.2 Å². The number of carbonyl (C=O) groups excluding carboxylic acids is 1. The molecule has 1 amide bonds. The van der Waals surface area contributed by atoms with Gasteiger partial charge in [0.1, 0.15) is 18.0 Å². The number of ether oxygens (including phenoxy) is 2. The largest absolute Gasteiger partial charge is 0.496 e. The van der Waals surface area contributed by atoms with Crippen LogP contribution >= 0.6 is 11.6 Å². The molecule has 0 aliphatic heterocycles. The van der Waals surface area contributed by atoms with E-state index in [4.69, 9.17) is 21.1 Å². The Morgan fingerprint density at radius 3 is 2.38 bits per heavy atom. The Labute approximate surface area is 203 Å². The Morgan fingerprint density at radius 1 is 1.03 bits per heavy atom. The number of rotatable bonds is 9. The maximum Gasteiger partial charge on any atom is 0.264 e. The minimum Gasteiger partial charge on any atom is -0.496 e. The van der Waals surface area contributed by atoms with Gasteiger partial charge in [0.25, 0.3) is 15.9 Å². The number of methoxy groups -OCH3 is 2. The van der Waals surface area contributed by atoms with Gasteiger partial charge < -0.3 is 9.47 Å². The fraction of sp³-hybridized carbons (Fsp3) is 0.167. The second kappa shape index (κ2) is 11.0. The average Bonchev–Trinajstić information content (AvgIpc) is 2.83. The first kappa shape index (κ1) is 25.1. The number of aryl methyl sites for hydroxylation is 1. The number of sulfonamides is 1. The molecule has 0 radical (unpaired) electrons. The molecule has 0 spiro atoms. The number of hydrogen-bond acceptors (Lipinski definition) is 6. The van der Waals surface area contributed by atoms with E-state index in [1.165, 1.54) is 44.7 Å². The molecule has 0 saturated heterocycles. The number of hydrazone groups is 1. The first-order chi connectivity index (χ1) is 16.3. The van der Waals surface area contributed by atoms with E-state index >= 15 is 0 Å². The highest BCUT2D eigenvalue weighted by atomic mass is 35.5. The van der Waals surface area contributed by atoms with Gasteiger partial charge in [-0.3, -0.25) is 9.10 Å². The first-order valence-electron chi connectivity index (χ1n) is 10.1. The molecule has 0 aliphatic carbocycles. The molecule has 3 rings (SSSR count). The van der Waals surface area contributed by atoms with Crippen LogP contribution in [-0.2, 0) is 14.8 Å². The monoisotopic (exact) mass is 501 g/mol. The third-order valence-corrected chi connectivity index (χ3v) is 6.85. The summed E-state index contributed by atoms with van der Waals surface area (Å²) in [5.74, 6) is 0.155. The zero-order valence-corrected chi connectivity index (χ0v) is 20.4. The van der Waals surface area contributed by atoms with Crippen LogP contribution in [0, 0.1) is 6.92 Å². The van der Waals surface area contributed by atoms with Gasteiger partial charge in [0.2, 0.25) is 0 Å². The summed E-state index contributed by atoms with van der Waals surface area (Å²) in [5, 5.41) is 4.23. The van der Waals surface area contributed by atoms with Crippen molar-refractivity contribution in [3.8, 4) is 11.5 Å². The smallest absolute Gasteiger partial charge is 0.264 e. The van der Waals surface area contributed by atoms with Crippen molar-refractivity contribution in [2.24, 2.45) is 5.10 Å². The lowest BCUT2D eigenvalue weighted by Gasteiger charge is -2.25. The second-order valence-electron chi connectivity index (χ2n) is 7.18. The van der Waals surface area contributed by atoms with Gasteiger partial charge in [-0.2, -0.15) is 5.10 Å². The van der Waals surface area contributed by atoms with E-state index < -0.39 is 22.5 Å². The summed E-state index contributed by atoms with van der Waals surface area (Å²) in [7, 11) is -1.21. The van der Waals surface area contributed by atoms with Gasteiger partial charge in [0.15, 0.2) is 0 Å². The number of anilines is 1. The maximum atomic E-state index is 13.5. The SMILES string of the molecule is COc1ccccc1/C=N/NC(=O)CN(c1cc(Cl)ccc1OC)S(=O)(=O)c1ccc(C)cc1. The van der Waals surface area contributed by atoms with E-state index in [1.807, 2.05) is 6.92 Å². The highest BCUT2D eigenvalue weighted by Gasteiger charge is 2.29. The molecular weight excluding hydrogens is 478 g/mol. The molecule has 0 fully saturated rings. The Balaban J connectivity index is 1.93. The topological polar surface area (TPSA) is 97.3 Å². The lowest BCUT2D eigenvalue weighted by atomic mass is 10.2. The molecule has 8 nitrogen and oxygen atoms in total. The van der Waals surface area contributed by atoms with Gasteiger partial charge in [-0.25, -0.2) is 13.8 Å². The van der Waals surface area contributed by atoms with E-state index in [0.29, 0.717) is 11.3 Å². The third-order valence-electron chi connectivity index (χ3n) is 4.84. The zero-order valence-electron chi connectivity index (χ0n) is 18.9. The summed E-state index contributed by atoms with van der Waals surface area (Å²) in [5.41, 5.74) is 4.03. The quantitative estimate of drug-likeness (QED) is 0.353. The van der Waals surface area contributed by atoms with Crippen LogP contribution in [0.25, 0.3) is 0 Å². The van der Waals surface area contributed by atoms with Crippen LogP contribution in [0.4, 0.5) is 5.69 Å². The first-order valence-corrected chi connectivity index (χ1v) is 12.0. The van der Waals surface area contributed by atoms with Gasteiger partial charge in [-0.15, -0.1) is 0 Å². The molecule has 0 bridgehead atoms. The Bertz CT molecular complexity index is 1290. The average molecular weight is 502 g/mol. The van der Waals surface area contributed by atoms with Crippen LogP contribution in [-0.4, -0.2) is 41.3 Å². The van der Waals surface area contributed by atoms with Crippen molar-refractivity contribution in [2.45, 2.75) is 11.8 Å². The number of amides is 1. The van der Waals surface area contributed by atoms with Crippen LogP contribution in [0.5, 0.6) is 11.5 Å². The fourth-order valence-corrected chi connectivity index (χ4v) is 4.70. The molecule has 10 heteroatoms. The number of halogens is 1. The summed E-state index contributed by atoms with van der Waals surface area (Å²) in [6, 6.07) is 18.0. The number of para-hydroxylation sites is 1. The van der Waals surface area contributed by atoms with Crippen molar-refractivity contribution < 1.29 is 22.7 Å². The van der Waals surface area contributed by atoms with Crippen molar-refractivity contribution in [3.05, 3.63) is 82.9 Å². The highest BCUT2D eigenvalue weighted by Crippen LogP contribution is 2.34. The molecule has 0 saturated carbocycles. The van der Waals surface area contributed by atoms with Gasteiger partial charge in [0, 0.05) is 10.6 Å². The second-order valence-corrected chi connectivity index (χ2v) is 9.47. The van der Waals surface area contributed by atoms with E-state index in [9.17, 15) is 13.2 Å². The molecule has 1 N–H and O–H groups in total. The van der Waals surface area contributed by atoms with Gasteiger partial charge in [-0.1, -0.05) is 41.4 Å². The van der Waals surface area contributed by atoms with Crippen LogP contribution in [0.1, 0.15) is 11.1 Å². The number of hydrogen-bond donors (Lipinski definition) is 1. The predicted octanol–water partition coefficient (Wildman–Crippen LogP) is 4.01. The number of carbonyl (C=O) groups is 1. The van der Waals surface area contributed by atoms with E-state index in [0.717, 1.165) is 9.87 Å². The fourth-order valence-electron chi connectivity index (χ4n) is 3.11. The minimum atomic E-state index is -4.14. The predicted molar refractivity (Wildman–Crippen MR) is 132 cm³/mol. The number of benzene rings is 3. The van der Waals surface area contributed by atoms with Gasteiger partial charge in [-0.05, 0) is 49.4 Å². The van der Waals surface area contributed by atoms with Crippen molar-refractivity contribution in [3.63, 3.8) is 0 Å². The third kappa shape index (κ3) is 5.86. The Kier molecular flexibility index (Phi) is 8.14. The molecule has 0 atom stereocenters. The molecule has 0 aliphatic rings. The molecule has 0 unspecified atom stereocenters. The van der Waals surface area contributed by atoms with Crippen molar-refractivity contribution in [1.29, 1.82) is 0 Å². The van der Waals surface area contributed by atoms with Crippen LogP contribution in [0.15, 0.2) is 76.7 Å². The summed E-state index contributed by atoms with van der Waals surface area (Å²) in [6.45, 7) is 1.29. The summed E-state index contributed by atoms with van der Waals surface area (Å²) in [4.78, 5) is 12.8. The van der Waals surface area contributed by atoms with Crippen molar-refractivity contribution in [1.82, 2.24) is 5.43 Å². The summed E-state index contributed by atoms with van der Waals surface area (Å²) >= 11 is 6.14. The Morgan fingerprint density at radius 2 is 1.71 bits per heavy atom. The zero-order chi connectivity index (χ0) is 24.7. The summed E-state index contributed by atoms with van der Waals surface area (Å²) in [6.07, 6.45) is 1.41. The van der Waals surface area contributed by atoms with E-state index in [1.54, 1.807) is 42.5 Å². The highest BCUT2D eigenvalue weighted by molar-refractivity contribution is 7.92. The van der Waals surface area contributed by atoms with E-state index in [2.05, 4.69) is 10.5 Å². The lowest BCUT2D eigenvalue weighted by molar-refractivity contribution is -0.119. The maximum absolute atomic E-state index is 13.5.